The average Bonchev–Trinajstić information content (AvgIpc) is 1.65. The number of aliphatic imine (C=N–C) groups is 2. The molecule has 20 N–H and O–H groups in total. The van der Waals surface area contributed by atoms with Crippen molar-refractivity contribution in [1.82, 2.24) is 47.9 Å². The summed E-state index contributed by atoms with van der Waals surface area (Å²) in [5, 5.41) is 52.7. The van der Waals surface area contributed by atoms with Gasteiger partial charge in [-0.3, -0.25) is 58.5 Å². The van der Waals surface area contributed by atoms with Crippen molar-refractivity contribution < 1.29 is 77.5 Å². The lowest BCUT2D eigenvalue weighted by Gasteiger charge is -2.30. The summed E-state index contributed by atoms with van der Waals surface area (Å²) in [4.78, 5) is 150. The van der Waals surface area contributed by atoms with Crippen LogP contribution in [-0.2, 0) is 62.2 Å². The van der Waals surface area contributed by atoms with Crippen molar-refractivity contribution in [3.05, 3.63) is 11.6 Å². The zero-order chi connectivity index (χ0) is 72.8. The van der Waals surface area contributed by atoms with Gasteiger partial charge in [-0.25, -0.2) is 9.59 Å². The molecule has 33 heteroatoms. The number of ketones is 1. The molecule has 0 bridgehead atoms. The molecule has 2 heterocycles. The van der Waals surface area contributed by atoms with E-state index in [-0.39, 0.29) is 92.2 Å². The number of cyclic esters (lactones) is 1. The molecule has 1 saturated heterocycles. The zero-order valence-electron chi connectivity index (χ0n) is 57.6. The van der Waals surface area contributed by atoms with Crippen molar-refractivity contribution in [3.8, 4) is 0 Å². The van der Waals surface area contributed by atoms with Crippen LogP contribution in [0.1, 0.15) is 201 Å². The molecule has 1 unspecified atom stereocenters. The molecule has 0 spiro atoms. The van der Waals surface area contributed by atoms with E-state index in [4.69, 9.17) is 37.5 Å². The average molecular weight is 1430 g/mol. The van der Waals surface area contributed by atoms with Crippen LogP contribution in [0.5, 0.6) is 0 Å². The molecule has 1 fully saturated rings. The van der Waals surface area contributed by atoms with Crippen LogP contribution in [0.25, 0.3) is 0 Å². The number of carboxylic acid groups (broad SMARTS) is 1. The number of unbranched alkanes of at least 4 members (excludes halogenated alkanes) is 14. The molecular weight excluding hydrogens is 1310 g/mol. The zero-order valence-corrected chi connectivity index (χ0v) is 59.4. The topological polar surface area (TPSA) is 504 Å². The lowest BCUT2D eigenvalue weighted by atomic mass is 9.97. The summed E-state index contributed by atoms with van der Waals surface area (Å²) in [6, 6.07) is -8.15. The number of amides is 8. The smallest absolute Gasteiger partial charge is 0.334 e. The number of ether oxygens (including phenoxy) is 2. The molecule has 0 aliphatic carbocycles. The van der Waals surface area contributed by atoms with Gasteiger partial charge in [-0.1, -0.05) is 96.8 Å². The number of Topliss-reactive ketones (excluding diaryl/α,β-unsaturated/α-hetero) is 1. The normalized spacial score (nSPS) is 17.4. The second-order valence-corrected chi connectivity index (χ2v) is 25.8. The number of nitrogens with two attached hydrogens (primary N) is 4. The Balaban J connectivity index is 2.08. The number of guanidine groups is 2. The Morgan fingerprint density at radius 3 is 1.60 bits per heavy atom. The largest absolute Gasteiger partial charge is 0.480 e. The predicted octanol–water partition coefficient (Wildman–Crippen LogP) is 0.101. The van der Waals surface area contributed by atoms with E-state index in [9.17, 15) is 63.0 Å². The van der Waals surface area contributed by atoms with Crippen LogP contribution < -0.4 is 70.8 Å². The summed E-state index contributed by atoms with van der Waals surface area (Å²) >= 11 is 8.37. The Hall–Kier alpha value is -6.81. The lowest BCUT2D eigenvalue weighted by molar-refractivity contribution is -0.142. The summed E-state index contributed by atoms with van der Waals surface area (Å²) in [6.07, 6.45) is 21.8. The van der Waals surface area contributed by atoms with E-state index in [1.165, 1.54) is 45.4 Å². The number of rotatable bonds is 56. The van der Waals surface area contributed by atoms with Crippen molar-refractivity contribution in [1.29, 1.82) is 0 Å². The fourth-order valence-electron chi connectivity index (χ4n) is 11.1. The number of nitrogens with one attached hydrogen (secondary N) is 9. The van der Waals surface area contributed by atoms with E-state index in [1.54, 1.807) is 0 Å². The fourth-order valence-corrected chi connectivity index (χ4v) is 11.6. The highest BCUT2D eigenvalue weighted by atomic mass is 32.1. The SMILES string of the molecule is CCCCCCCCCCCC[C@H](N[C@@H](CS)C(=O)NCC(=O)N[C@@H](CCCN=C(N)N)C(=O)N[C@@H](CCCN=C(N)N)C(=O)N[C@@H](C)C(=O)NCC(=O)NCC(=O)N[C@@H](CO)C(=O)N[C@@H](CS)C(=O)O)[C@@H]1CC[C@@H]([C@@H](O)CCCCC(=O)CCCCCCCC2=CC(C)OC2=O)O1. The Morgan fingerprint density at radius 2 is 1.04 bits per heavy atom. The highest BCUT2D eigenvalue weighted by molar-refractivity contribution is 7.80. The first kappa shape index (κ1) is 87.3. The third-order valence-corrected chi connectivity index (χ3v) is 17.4. The molecule has 11 atom stereocenters. The first-order valence-corrected chi connectivity index (χ1v) is 36.1. The summed E-state index contributed by atoms with van der Waals surface area (Å²) in [5.74, 6) is -8.77. The standard InChI is InChI=1S/C65H115N15O16S2/c1-4-5-6-7-8-9-10-11-15-18-26-45(52-30-31-53(96-52)51(83)29-20-19-25-44(82)24-17-14-12-13-16-23-43-34-41(2)95-63(43)94)76-49(39-97)58(88)74-37-56(86)77-46(27-21-32-70-64(66)67)60(90)79-47(28-22-33-71-65(68)69)59(89)75-42(3)57(87)73-35-54(84)72-36-55(85)78-48(38-81)61(91)80-50(40-98)62(92)93/h34,41-42,45-53,76,81,83,97-98H,4-33,35-40H2,1-3H3,(H,72,84)(H,73,87)(H,74,88)(H,75,89)(H,77,86)(H,78,85)(H,79,90)(H,80,91)(H,92,93)(H4,66,67,70)(H4,68,69,71)/t41?,42-,45-,46-,47-,48-,49-,50-,51-,52-,53-/m0/s1. The number of esters is 1. The van der Waals surface area contributed by atoms with Crippen LogP contribution in [0, 0.1) is 0 Å². The predicted molar refractivity (Wildman–Crippen MR) is 377 cm³/mol. The third kappa shape index (κ3) is 38.5. The maximum atomic E-state index is 14.1. The van der Waals surface area contributed by atoms with E-state index in [1.807, 2.05) is 13.0 Å². The Kier molecular flexibility index (Phi) is 45.7. The van der Waals surface area contributed by atoms with E-state index in [0.717, 1.165) is 63.4 Å². The quantitative estimate of drug-likeness (QED) is 0.0126. The first-order chi connectivity index (χ1) is 46.8. The molecule has 0 radical (unpaired) electrons. The number of hydrogen-bond donors (Lipinski definition) is 18. The molecule has 0 aromatic carbocycles. The summed E-state index contributed by atoms with van der Waals surface area (Å²) in [6.45, 7) is 2.56. The number of hydrogen-bond acceptors (Lipinski definition) is 20. The van der Waals surface area contributed by atoms with Crippen LogP contribution >= 0.6 is 25.3 Å². The van der Waals surface area contributed by atoms with Gasteiger partial charge in [0.1, 0.15) is 42.1 Å². The molecule has 0 saturated carbocycles. The Labute approximate surface area is 587 Å². The maximum Gasteiger partial charge on any atom is 0.334 e. The van der Waals surface area contributed by atoms with Crippen molar-refractivity contribution in [3.63, 3.8) is 0 Å². The Bertz CT molecular complexity index is 2580. The summed E-state index contributed by atoms with van der Waals surface area (Å²) in [7, 11) is 0. The fraction of sp³-hybridized carbons (Fsp3) is 0.769. The monoisotopic (exact) mass is 1430 g/mol. The number of aliphatic hydroxyl groups is 2. The van der Waals surface area contributed by atoms with Gasteiger partial charge in [-0.2, -0.15) is 25.3 Å². The highest BCUT2D eigenvalue weighted by Crippen LogP contribution is 2.29. The van der Waals surface area contributed by atoms with Gasteiger partial charge in [0, 0.05) is 49.1 Å². The minimum atomic E-state index is -1.56. The molecule has 31 nitrogen and oxygen atoms in total. The number of carbonyl (C=O) groups is 11. The van der Waals surface area contributed by atoms with Crippen LogP contribution in [0.2, 0.25) is 0 Å². The minimum Gasteiger partial charge on any atom is -0.480 e. The van der Waals surface area contributed by atoms with Gasteiger partial charge in [0.2, 0.25) is 47.3 Å². The molecule has 2 aliphatic heterocycles. The minimum absolute atomic E-state index is 0.0371. The number of nitrogens with zero attached hydrogens (tertiary/aromatic N) is 2. The van der Waals surface area contributed by atoms with E-state index in [2.05, 4.69) is 90.0 Å². The van der Waals surface area contributed by atoms with Crippen molar-refractivity contribution in [2.45, 2.75) is 267 Å². The van der Waals surface area contributed by atoms with Gasteiger partial charge in [-0.15, -0.1) is 0 Å². The number of thiol groups is 2. The van der Waals surface area contributed by atoms with E-state index in [0.29, 0.717) is 57.8 Å². The van der Waals surface area contributed by atoms with Crippen molar-refractivity contribution in [2.75, 3.05) is 50.8 Å². The first-order valence-electron chi connectivity index (χ1n) is 34.8. The van der Waals surface area contributed by atoms with Gasteiger partial charge < -0.3 is 90.3 Å². The number of aliphatic hydroxyl groups excluding tert-OH is 2. The van der Waals surface area contributed by atoms with Gasteiger partial charge in [0.25, 0.3) is 0 Å². The van der Waals surface area contributed by atoms with E-state index >= 15 is 0 Å². The maximum absolute atomic E-state index is 14.1. The molecular formula is C65H115N15O16S2. The molecule has 2 aliphatic rings. The lowest BCUT2D eigenvalue weighted by Crippen LogP contribution is -2.57. The highest BCUT2D eigenvalue weighted by Gasteiger charge is 2.37. The van der Waals surface area contributed by atoms with Gasteiger partial charge in [0.15, 0.2) is 11.9 Å². The van der Waals surface area contributed by atoms with Crippen molar-refractivity contribution in [2.24, 2.45) is 32.9 Å². The van der Waals surface area contributed by atoms with Crippen LogP contribution in [-0.4, -0.2) is 210 Å². The number of carboxylic acids is 1. The van der Waals surface area contributed by atoms with E-state index < -0.39 is 128 Å². The molecule has 0 aromatic heterocycles. The van der Waals surface area contributed by atoms with Crippen LogP contribution in [0.15, 0.2) is 21.6 Å². The molecule has 98 heavy (non-hydrogen) atoms. The van der Waals surface area contributed by atoms with Crippen molar-refractivity contribution >= 4 is 102 Å². The number of carbonyl (C=O) groups excluding carboxylic acids is 10. The molecule has 8 amide bonds. The molecule has 558 valence electrons. The second kappa shape index (κ2) is 51.4. The van der Waals surface area contributed by atoms with Crippen LogP contribution in [0.4, 0.5) is 0 Å². The molecule has 2 rings (SSSR count). The summed E-state index contributed by atoms with van der Waals surface area (Å²) < 4.78 is 11.7. The third-order valence-electron chi connectivity index (χ3n) is 16.7. The number of aliphatic carboxylic acids is 1. The second-order valence-electron chi connectivity index (χ2n) is 25.1. The van der Waals surface area contributed by atoms with Gasteiger partial charge in [0.05, 0.1) is 50.6 Å². The van der Waals surface area contributed by atoms with Crippen LogP contribution in [0.3, 0.4) is 0 Å². The van der Waals surface area contributed by atoms with Gasteiger partial charge >= 0.3 is 11.9 Å². The Morgan fingerprint density at radius 1 is 0.561 bits per heavy atom. The van der Waals surface area contributed by atoms with Gasteiger partial charge in [-0.05, 0) is 97.0 Å². The molecule has 0 aromatic rings. The summed E-state index contributed by atoms with van der Waals surface area (Å²) in [5.41, 5.74) is 22.8.